The van der Waals surface area contributed by atoms with E-state index in [1.807, 2.05) is 0 Å². The first-order valence-electron chi connectivity index (χ1n) is 6.05. The Hall–Kier alpha value is -2.49. The highest BCUT2D eigenvalue weighted by atomic mass is 19.1. The number of nitrogens with one attached hydrogen (secondary N) is 1. The molecule has 2 aromatic rings. The number of carbonyl (C=O) groups excluding carboxylic acids is 1. The lowest BCUT2D eigenvalue weighted by Crippen LogP contribution is -2.09. The highest BCUT2D eigenvalue weighted by molar-refractivity contribution is 6.02. The molecule has 0 bridgehead atoms. The number of hydrogen-bond acceptors (Lipinski definition) is 1. The van der Waals surface area contributed by atoms with Gasteiger partial charge >= 0.3 is 0 Å². The van der Waals surface area contributed by atoms with E-state index in [1.165, 1.54) is 36.4 Å². The molecule has 0 aliphatic rings. The van der Waals surface area contributed by atoms with Crippen molar-refractivity contribution in [2.45, 2.75) is 6.92 Å². The number of carbonyl (C=O) groups is 1. The van der Waals surface area contributed by atoms with E-state index in [0.29, 0.717) is 11.3 Å². The Kier molecular flexibility index (Phi) is 4.25. The van der Waals surface area contributed by atoms with Crippen LogP contribution in [0.5, 0.6) is 0 Å². The highest BCUT2D eigenvalue weighted by Gasteiger charge is 2.02. The minimum Gasteiger partial charge on any atom is -0.322 e. The summed E-state index contributed by atoms with van der Waals surface area (Å²) < 4.78 is 25.6. The molecule has 0 heterocycles. The molecule has 0 fully saturated rings. The van der Waals surface area contributed by atoms with Gasteiger partial charge in [-0.2, -0.15) is 0 Å². The quantitative estimate of drug-likeness (QED) is 0.844. The van der Waals surface area contributed by atoms with Gasteiger partial charge in [0.2, 0.25) is 5.91 Å². The number of hydrogen-bond donors (Lipinski definition) is 1. The summed E-state index contributed by atoms with van der Waals surface area (Å²) in [7, 11) is 0. The second kappa shape index (κ2) is 6.10. The standard InChI is InChI=1S/C16H13F2NO/c1-11-10-14(18)7-8-15(11)19-16(20)9-4-12-2-5-13(17)6-3-12/h2-10H,1H3,(H,19,20). The largest absolute Gasteiger partial charge is 0.322 e. The Labute approximate surface area is 115 Å². The minimum atomic E-state index is -0.345. The number of aryl methyl sites for hydroxylation is 1. The molecule has 0 aromatic heterocycles. The molecule has 2 nitrogen and oxygen atoms in total. The summed E-state index contributed by atoms with van der Waals surface area (Å²) in [6, 6.07) is 9.92. The maximum absolute atomic E-state index is 12.9. The van der Waals surface area contributed by atoms with E-state index in [2.05, 4.69) is 5.32 Å². The van der Waals surface area contributed by atoms with Gasteiger partial charge in [-0.05, 0) is 54.5 Å². The SMILES string of the molecule is Cc1cc(F)ccc1NC(=O)C=Cc1ccc(F)cc1. The maximum atomic E-state index is 12.9. The van der Waals surface area contributed by atoms with E-state index >= 15 is 0 Å². The summed E-state index contributed by atoms with van der Waals surface area (Å²) in [4.78, 5) is 11.7. The van der Waals surface area contributed by atoms with Crippen molar-refractivity contribution in [2.24, 2.45) is 0 Å². The van der Waals surface area contributed by atoms with Gasteiger partial charge in [0.05, 0.1) is 0 Å². The molecule has 0 unspecified atom stereocenters. The summed E-state index contributed by atoms with van der Waals surface area (Å²) in [5.41, 5.74) is 1.92. The average molecular weight is 273 g/mol. The topological polar surface area (TPSA) is 29.1 Å². The van der Waals surface area contributed by atoms with Crippen molar-refractivity contribution in [1.82, 2.24) is 0 Å². The Bertz CT molecular complexity index is 648. The summed E-state index contributed by atoms with van der Waals surface area (Å²) in [5.74, 6) is -1.00. The second-order valence-electron chi connectivity index (χ2n) is 4.33. The molecule has 0 spiro atoms. The van der Waals surface area contributed by atoms with Crippen LogP contribution in [0.3, 0.4) is 0 Å². The molecule has 0 saturated heterocycles. The fourth-order valence-corrected chi connectivity index (χ4v) is 1.69. The van der Waals surface area contributed by atoms with E-state index in [9.17, 15) is 13.6 Å². The third kappa shape index (κ3) is 3.75. The predicted molar refractivity (Wildman–Crippen MR) is 75.2 cm³/mol. The predicted octanol–water partition coefficient (Wildman–Crippen LogP) is 3.93. The average Bonchev–Trinajstić information content (AvgIpc) is 2.41. The van der Waals surface area contributed by atoms with Crippen molar-refractivity contribution in [3.05, 3.63) is 71.3 Å². The van der Waals surface area contributed by atoms with Crippen LogP contribution >= 0.6 is 0 Å². The highest BCUT2D eigenvalue weighted by Crippen LogP contribution is 2.15. The summed E-state index contributed by atoms with van der Waals surface area (Å²) >= 11 is 0. The number of amides is 1. The van der Waals surface area contributed by atoms with Gasteiger partial charge in [0.1, 0.15) is 11.6 Å². The zero-order chi connectivity index (χ0) is 14.5. The molecule has 1 N–H and O–H groups in total. The van der Waals surface area contributed by atoms with Crippen LogP contribution in [-0.2, 0) is 4.79 Å². The van der Waals surface area contributed by atoms with Crippen LogP contribution in [0, 0.1) is 18.6 Å². The van der Waals surface area contributed by atoms with Gasteiger partial charge in [0, 0.05) is 11.8 Å². The Balaban J connectivity index is 2.03. The molecule has 0 saturated carbocycles. The van der Waals surface area contributed by atoms with Gasteiger partial charge in [0.15, 0.2) is 0 Å². The molecule has 2 aromatic carbocycles. The molecule has 0 aliphatic carbocycles. The minimum absolute atomic E-state index is 0.325. The lowest BCUT2D eigenvalue weighted by Gasteiger charge is -2.05. The Morgan fingerprint density at radius 2 is 1.70 bits per heavy atom. The summed E-state index contributed by atoms with van der Waals surface area (Å²) in [6.07, 6.45) is 2.92. The molecule has 20 heavy (non-hydrogen) atoms. The van der Waals surface area contributed by atoms with Crippen molar-refractivity contribution >= 4 is 17.7 Å². The van der Waals surface area contributed by atoms with E-state index in [0.717, 1.165) is 5.56 Å². The smallest absolute Gasteiger partial charge is 0.248 e. The molecule has 0 radical (unpaired) electrons. The molecule has 0 aliphatic heterocycles. The van der Waals surface area contributed by atoms with Crippen molar-refractivity contribution in [3.63, 3.8) is 0 Å². The van der Waals surface area contributed by atoms with Crippen molar-refractivity contribution in [2.75, 3.05) is 5.32 Å². The van der Waals surface area contributed by atoms with Crippen LogP contribution in [0.15, 0.2) is 48.5 Å². The van der Waals surface area contributed by atoms with Gasteiger partial charge in [0.25, 0.3) is 0 Å². The lowest BCUT2D eigenvalue weighted by molar-refractivity contribution is -0.111. The van der Waals surface area contributed by atoms with Crippen LogP contribution in [0.4, 0.5) is 14.5 Å². The Morgan fingerprint density at radius 1 is 1.05 bits per heavy atom. The van der Waals surface area contributed by atoms with E-state index in [-0.39, 0.29) is 17.5 Å². The van der Waals surface area contributed by atoms with E-state index in [4.69, 9.17) is 0 Å². The molecule has 102 valence electrons. The summed E-state index contributed by atoms with van der Waals surface area (Å²) in [6.45, 7) is 1.71. The van der Waals surface area contributed by atoms with Crippen LogP contribution in [0.25, 0.3) is 6.08 Å². The molecule has 0 atom stereocenters. The third-order valence-electron chi connectivity index (χ3n) is 2.74. The second-order valence-corrected chi connectivity index (χ2v) is 4.33. The normalized spacial score (nSPS) is 10.8. The van der Waals surface area contributed by atoms with Crippen LogP contribution in [0.2, 0.25) is 0 Å². The van der Waals surface area contributed by atoms with Crippen LogP contribution in [-0.4, -0.2) is 5.91 Å². The van der Waals surface area contributed by atoms with Crippen LogP contribution in [0.1, 0.15) is 11.1 Å². The first kappa shape index (κ1) is 13.9. The Morgan fingerprint density at radius 3 is 2.35 bits per heavy atom. The first-order chi connectivity index (χ1) is 9.54. The number of anilines is 1. The van der Waals surface area contributed by atoms with Gasteiger partial charge in [-0.3, -0.25) is 4.79 Å². The zero-order valence-corrected chi connectivity index (χ0v) is 10.9. The van der Waals surface area contributed by atoms with E-state index < -0.39 is 0 Å². The molecular weight excluding hydrogens is 260 g/mol. The van der Waals surface area contributed by atoms with Crippen molar-refractivity contribution in [1.29, 1.82) is 0 Å². The maximum Gasteiger partial charge on any atom is 0.248 e. The van der Waals surface area contributed by atoms with E-state index in [1.54, 1.807) is 25.1 Å². The summed E-state index contributed by atoms with van der Waals surface area (Å²) in [5, 5.41) is 2.65. The first-order valence-corrected chi connectivity index (χ1v) is 6.05. The fourth-order valence-electron chi connectivity index (χ4n) is 1.69. The fraction of sp³-hybridized carbons (Fsp3) is 0.0625. The van der Waals surface area contributed by atoms with Gasteiger partial charge < -0.3 is 5.32 Å². The monoisotopic (exact) mass is 273 g/mol. The van der Waals surface area contributed by atoms with Crippen molar-refractivity contribution in [3.8, 4) is 0 Å². The van der Waals surface area contributed by atoms with Gasteiger partial charge in [-0.1, -0.05) is 12.1 Å². The number of halogens is 2. The lowest BCUT2D eigenvalue weighted by atomic mass is 10.2. The van der Waals surface area contributed by atoms with Crippen LogP contribution < -0.4 is 5.32 Å². The number of benzene rings is 2. The molecular formula is C16H13F2NO. The van der Waals surface area contributed by atoms with Gasteiger partial charge in [-0.15, -0.1) is 0 Å². The van der Waals surface area contributed by atoms with Gasteiger partial charge in [-0.25, -0.2) is 8.78 Å². The molecule has 4 heteroatoms. The van der Waals surface area contributed by atoms with Crippen molar-refractivity contribution < 1.29 is 13.6 Å². The number of rotatable bonds is 3. The zero-order valence-electron chi connectivity index (χ0n) is 10.9. The molecule has 2 rings (SSSR count). The third-order valence-corrected chi connectivity index (χ3v) is 2.74. The molecule has 1 amide bonds.